The normalized spacial score (nSPS) is 12.7. The number of ether oxygens (including phenoxy) is 1. The van der Waals surface area contributed by atoms with Crippen molar-refractivity contribution >= 4 is 15.7 Å². The van der Waals surface area contributed by atoms with Crippen LogP contribution in [0.3, 0.4) is 0 Å². The maximum atomic E-state index is 12.0. The second-order valence-electron chi connectivity index (χ2n) is 5.46. The molecule has 0 spiro atoms. The van der Waals surface area contributed by atoms with Crippen molar-refractivity contribution in [3.63, 3.8) is 0 Å². The Kier molecular flexibility index (Phi) is 5.56. The summed E-state index contributed by atoms with van der Waals surface area (Å²) in [6, 6.07) is 6.84. The highest BCUT2D eigenvalue weighted by atomic mass is 32.2. The summed E-state index contributed by atoms with van der Waals surface area (Å²) in [6.45, 7) is 4.75. The minimum Gasteiger partial charge on any atom is -0.385 e. The van der Waals surface area contributed by atoms with Crippen LogP contribution in [0.25, 0.3) is 0 Å². The lowest BCUT2D eigenvalue weighted by molar-refractivity contribution is 0.0185. The van der Waals surface area contributed by atoms with Crippen LogP contribution in [0.1, 0.15) is 20.3 Å². The Bertz CT molecular complexity index is 539. The van der Waals surface area contributed by atoms with Crippen molar-refractivity contribution in [3.8, 4) is 0 Å². The summed E-state index contributed by atoms with van der Waals surface area (Å²) in [5, 5.41) is 3.22. The first-order valence-electron chi connectivity index (χ1n) is 6.51. The van der Waals surface area contributed by atoms with Gasteiger partial charge in [0.1, 0.15) is 0 Å². The molecule has 0 heterocycles. The maximum Gasteiger partial charge on any atom is 0.242 e. The summed E-state index contributed by atoms with van der Waals surface area (Å²) in [5.41, 5.74) is 0.597. The fourth-order valence-corrected chi connectivity index (χ4v) is 2.54. The van der Waals surface area contributed by atoms with Crippen molar-refractivity contribution in [2.24, 2.45) is 0 Å². The molecule has 0 saturated heterocycles. The molecule has 20 heavy (non-hydrogen) atoms. The Morgan fingerprint density at radius 1 is 1.30 bits per heavy atom. The van der Waals surface area contributed by atoms with E-state index in [1.54, 1.807) is 25.3 Å². The molecule has 1 N–H and O–H groups in total. The third-order valence-corrected chi connectivity index (χ3v) is 5.03. The number of hydrogen-bond acceptors (Lipinski definition) is 4. The van der Waals surface area contributed by atoms with Gasteiger partial charge in [-0.3, -0.25) is 0 Å². The predicted molar refractivity (Wildman–Crippen MR) is 81.5 cm³/mol. The molecule has 0 fully saturated rings. The molecular formula is C14H24N2O3S. The molecule has 0 aliphatic heterocycles. The molecule has 0 atom stereocenters. The monoisotopic (exact) mass is 300 g/mol. The van der Waals surface area contributed by atoms with Crippen molar-refractivity contribution in [1.29, 1.82) is 0 Å². The van der Waals surface area contributed by atoms with E-state index in [9.17, 15) is 8.42 Å². The van der Waals surface area contributed by atoms with Crippen molar-refractivity contribution in [2.75, 3.05) is 33.1 Å². The van der Waals surface area contributed by atoms with Gasteiger partial charge in [-0.15, -0.1) is 0 Å². The lowest BCUT2D eigenvalue weighted by Gasteiger charge is -2.23. The molecule has 1 aromatic rings. The van der Waals surface area contributed by atoms with E-state index in [-0.39, 0.29) is 5.60 Å². The largest absolute Gasteiger partial charge is 0.385 e. The predicted octanol–water partition coefficient (Wildman–Crippen LogP) is 2.16. The number of hydrogen-bond donors (Lipinski definition) is 1. The zero-order chi connectivity index (χ0) is 15.4. The van der Waals surface area contributed by atoms with Crippen molar-refractivity contribution in [2.45, 2.75) is 30.8 Å². The van der Waals surface area contributed by atoms with Crippen LogP contribution in [0.2, 0.25) is 0 Å². The minimum atomic E-state index is -3.39. The highest BCUT2D eigenvalue weighted by Gasteiger charge is 2.18. The van der Waals surface area contributed by atoms with Crippen LogP contribution in [-0.4, -0.2) is 46.1 Å². The average molecular weight is 300 g/mol. The molecule has 0 aromatic heterocycles. The van der Waals surface area contributed by atoms with E-state index in [4.69, 9.17) is 4.74 Å². The Hall–Kier alpha value is -1.11. The van der Waals surface area contributed by atoms with Crippen molar-refractivity contribution in [1.82, 2.24) is 4.31 Å². The molecule has 0 bridgehead atoms. The molecule has 0 saturated carbocycles. The summed E-state index contributed by atoms with van der Waals surface area (Å²) in [5.74, 6) is 0. The van der Waals surface area contributed by atoms with Crippen LogP contribution in [-0.2, 0) is 14.8 Å². The Balaban J connectivity index is 2.75. The van der Waals surface area contributed by atoms with E-state index in [0.29, 0.717) is 11.4 Å². The van der Waals surface area contributed by atoms with Gasteiger partial charge in [0, 0.05) is 33.4 Å². The van der Waals surface area contributed by atoms with Gasteiger partial charge in [0.2, 0.25) is 10.0 Å². The van der Waals surface area contributed by atoms with Gasteiger partial charge in [0.25, 0.3) is 0 Å². The van der Waals surface area contributed by atoms with Crippen LogP contribution in [0.4, 0.5) is 5.69 Å². The molecule has 0 aliphatic carbocycles. The van der Waals surface area contributed by atoms with Gasteiger partial charge in [0.15, 0.2) is 0 Å². The maximum absolute atomic E-state index is 12.0. The van der Waals surface area contributed by atoms with Gasteiger partial charge in [-0.25, -0.2) is 12.7 Å². The number of sulfonamides is 1. The van der Waals surface area contributed by atoms with Crippen LogP contribution >= 0.6 is 0 Å². The van der Waals surface area contributed by atoms with Crippen molar-refractivity contribution in [3.05, 3.63) is 24.3 Å². The highest BCUT2D eigenvalue weighted by Crippen LogP contribution is 2.19. The Morgan fingerprint density at radius 3 is 2.50 bits per heavy atom. The molecule has 5 nitrogen and oxygen atoms in total. The lowest BCUT2D eigenvalue weighted by Crippen LogP contribution is -2.26. The Labute approximate surface area is 122 Å². The fraction of sp³-hybridized carbons (Fsp3) is 0.571. The van der Waals surface area contributed by atoms with Gasteiger partial charge in [0.05, 0.1) is 10.5 Å². The zero-order valence-electron chi connectivity index (χ0n) is 12.8. The minimum absolute atomic E-state index is 0.194. The summed E-state index contributed by atoms with van der Waals surface area (Å²) in [7, 11) is 1.34. The van der Waals surface area contributed by atoms with Crippen molar-refractivity contribution < 1.29 is 13.2 Å². The third kappa shape index (κ3) is 4.47. The SMILES string of the molecule is COC(C)(C)CCNc1cccc(S(=O)(=O)N(C)C)c1. The van der Waals surface area contributed by atoms with Crippen LogP contribution in [0.5, 0.6) is 0 Å². The number of nitrogens with zero attached hydrogens (tertiary/aromatic N) is 1. The molecule has 0 radical (unpaired) electrons. The van der Waals surface area contributed by atoms with Gasteiger partial charge >= 0.3 is 0 Å². The fourth-order valence-electron chi connectivity index (χ4n) is 1.59. The van der Waals surface area contributed by atoms with E-state index >= 15 is 0 Å². The summed E-state index contributed by atoms with van der Waals surface area (Å²) in [6.07, 6.45) is 0.828. The molecular weight excluding hydrogens is 276 g/mol. The van der Waals surface area contributed by atoms with Gasteiger partial charge in [-0.1, -0.05) is 6.07 Å². The van der Waals surface area contributed by atoms with E-state index < -0.39 is 10.0 Å². The van der Waals surface area contributed by atoms with Gasteiger partial charge in [-0.2, -0.15) is 0 Å². The lowest BCUT2D eigenvalue weighted by atomic mass is 10.1. The van der Waals surface area contributed by atoms with Crippen LogP contribution < -0.4 is 5.32 Å². The summed E-state index contributed by atoms with van der Waals surface area (Å²) < 4.78 is 30.6. The second kappa shape index (κ2) is 6.56. The molecule has 1 aromatic carbocycles. The smallest absolute Gasteiger partial charge is 0.242 e. The first-order valence-corrected chi connectivity index (χ1v) is 7.95. The van der Waals surface area contributed by atoms with E-state index in [1.807, 2.05) is 19.9 Å². The second-order valence-corrected chi connectivity index (χ2v) is 7.61. The number of nitrogens with one attached hydrogen (secondary N) is 1. The molecule has 0 unspecified atom stereocenters. The summed E-state index contributed by atoms with van der Waals surface area (Å²) >= 11 is 0. The average Bonchev–Trinajstić information content (AvgIpc) is 2.38. The first-order chi connectivity index (χ1) is 9.19. The molecule has 6 heteroatoms. The van der Waals surface area contributed by atoms with E-state index in [1.165, 1.54) is 18.4 Å². The first kappa shape index (κ1) is 16.9. The molecule has 114 valence electrons. The number of benzene rings is 1. The van der Waals surface area contributed by atoms with Gasteiger partial charge < -0.3 is 10.1 Å². The molecule has 1 rings (SSSR count). The zero-order valence-corrected chi connectivity index (χ0v) is 13.6. The summed E-state index contributed by atoms with van der Waals surface area (Å²) in [4.78, 5) is 0.290. The van der Waals surface area contributed by atoms with E-state index in [0.717, 1.165) is 12.1 Å². The van der Waals surface area contributed by atoms with E-state index in [2.05, 4.69) is 5.32 Å². The number of methoxy groups -OCH3 is 1. The topological polar surface area (TPSA) is 58.6 Å². The number of rotatable bonds is 7. The third-order valence-electron chi connectivity index (χ3n) is 3.22. The Morgan fingerprint density at radius 2 is 1.95 bits per heavy atom. The highest BCUT2D eigenvalue weighted by molar-refractivity contribution is 7.89. The van der Waals surface area contributed by atoms with Crippen LogP contribution in [0.15, 0.2) is 29.2 Å². The standard InChI is InChI=1S/C14H24N2O3S/c1-14(2,19-5)9-10-15-12-7-6-8-13(11-12)20(17,18)16(3)4/h6-8,11,15H,9-10H2,1-5H3. The quantitative estimate of drug-likeness (QED) is 0.838. The number of anilines is 1. The molecule has 0 aliphatic rings. The molecule has 0 amide bonds. The van der Waals surface area contributed by atoms with Crippen LogP contribution in [0, 0.1) is 0 Å². The van der Waals surface area contributed by atoms with Gasteiger partial charge in [-0.05, 0) is 38.5 Å².